The van der Waals surface area contributed by atoms with Crippen LogP contribution in [0.4, 0.5) is 10.5 Å². The highest BCUT2D eigenvalue weighted by molar-refractivity contribution is 7.80. The van der Waals surface area contributed by atoms with Crippen LogP contribution in [0.25, 0.3) is 0 Å². The number of thiocarbonyl (C=S) groups is 1. The number of carbonyl (C=O) groups is 1. The number of hydrogen-bond donors (Lipinski definition) is 3. The second-order valence-corrected chi connectivity index (χ2v) is 5.51. The first kappa shape index (κ1) is 18.3. The third-order valence-corrected chi connectivity index (χ3v) is 3.24. The van der Waals surface area contributed by atoms with E-state index >= 15 is 0 Å². The lowest BCUT2D eigenvalue weighted by molar-refractivity contribution is 0.140. The molecule has 128 valence electrons. The molecule has 0 saturated heterocycles. The van der Waals surface area contributed by atoms with E-state index < -0.39 is 6.09 Å². The monoisotopic (exact) mass is 353 g/mol. The fraction of sp³-hybridized carbons (Fsp3) is 0.158. The Balaban J connectivity index is 1.74. The van der Waals surface area contributed by atoms with Crippen LogP contribution in [0, 0.1) is 11.8 Å². The van der Waals surface area contributed by atoms with Crippen LogP contribution < -0.4 is 16.4 Å². The molecule has 4 N–H and O–H groups in total. The first-order valence-corrected chi connectivity index (χ1v) is 8.15. The van der Waals surface area contributed by atoms with Crippen LogP contribution in [0.15, 0.2) is 54.6 Å². The predicted molar refractivity (Wildman–Crippen MR) is 103 cm³/mol. The van der Waals surface area contributed by atoms with Gasteiger partial charge in [-0.2, -0.15) is 0 Å². The van der Waals surface area contributed by atoms with Crippen molar-refractivity contribution in [1.82, 2.24) is 5.32 Å². The zero-order valence-corrected chi connectivity index (χ0v) is 14.4. The Bertz CT molecular complexity index is 782. The van der Waals surface area contributed by atoms with Crippen molar-refractivity contribution in [3.63, 3.8) is 0 Å². The molecule has 0 bridgehead atoms. The maximum atomic E-state index is 11.6. The van der Waals surface area contributed by atoms with Crippen LogP contribution in [-0.4, -0.2) is 17.8 Å². The molecule has 25 heavy (non-hydrogen) atoms. The highest BCUT2D eigenvalue weighted by Crippen LogP contribution is 2.13. The summed E-state index contributed by atoms with van der Waals surface area (Å²) in [5.41, 5.74) is 7.98. The SMILES string of the molecule is NC(=S)Nc1ccccc1C#CCCNC(=O)OCc1ccccc1. The molecule has 0 heterocycles. The van der Waals surface area contributed by atoms with Gasteiger partial charge in [0.2, 0.25) is 0 Å². The van der Waals surface area contributed by atoms with Gasteiger partial charge in [-0.15, -0.1) is 0 Å². The lowest BCUT2D eigenvalue weighted by atomic mass is 10.2. The van der Waals surface area contributed by atoms with Gasteiger partial charge >= 0.3 is 6.09 Å². The zero-order valence-electron chi connectivity index (χ0n) is 13.6. The maximum absolute atomic E-state index is 11.6. The Morgan fingerprint density at radius 1 is 1.12 bits per heavy atom. The number of carbonyl (C=O) groups excluding carboxylic acids is 1. The molecule has 0 aromatic heterocycles. The molecule has 0 saturated carbocycles. The van der Waals surface area contributed by atoms with E-state index in [0.717, 1.165) is 16.8 Å². The van der Waals surface area contributed by atoms with E-state index in [-0.39, 0.29) is 11.7 Å². The number of nitrogens with two attached hydrogens (primary N) is 1. The molecule has 2 aromatic carbocycles. The summed E-state index contributed by atoms with van der Waals surface area (Å²) in [6.45, 7) is 0.655. The number of amides is 1. The van der Waals surface area contributed by atoms with Crippen molar-refractivity contribution in [3.8, 4) is 11.8 Å². The number of nitrogens with one attached hydrogen (secondary N) is 2. The molecule has 0 spiro atoms. The van der Waals surface area contributed by atoms with Gasteiger partial charge in [-0.1, -0.05) is 54.3 Å². The smallest absolute Gasteiger partial charge is 0.407 e. The lowest BCUT2D eigenvalue weighted by Gasteiger charge is -2.06. The van der Waals surface area contributed by atoms with Gasteiger partial charge in [0.1, 0.15) is 6.61 Å². The number of benzene rings is 2. The molecule has 0 aliphatic heterocycles. The molecular formula is C19H19N3O2S. The van der Waals surface area contributed by atoms with Gasteiger partial charge in [0, 0.05) is 18.5 Å². The Morgan fingerprint density at radius 2 is 1.84 bits per heavy atom. The van der Waals surface area contributed by atoms with Crippen LogP contribution >= 0.6 is 12.2 Å². The first-order chi connectivity index (χ1) is 12.1. The first-order valence-electron chi connectivity index (χ1n) is 7.74. The zero-order chi connectivity index (χ0) is 17.9. The van der Waals surface area contributed by atoms with E-state index in [2.05, 4.69) is 22.5 Å². The summed E-state index contributed by atoms with van der Waals surface area (Å²) in [7, 11) is 0. The molecule has 0 radical (unpaired) electrons. The topological polar surface area (TPSA) is 76.4 Å². The lowest BCUT2D eigenvalue weighted by Crippen LogP contribution is -2.24. The summed E-state index contributed by atoms with van der Waals surface area (Å²) < 4.78 is 5.12. The van der Waals surface area contributed by atoms with Crippen LogP contribution in [0.2, 0.25) is 0 Å². The fourth-order valence-corrected chi connectivity index (χ4v) is 2.10. The molecule has 2 rings (SSSR count). The van der Waals surface area contributed by atoms with Crippen molar-refractivity contribution in [2.24, 2.45) is 5.73 Å². The molecule has 0 unspecified atom stereocenters. The molecule has 0 aliphatic carbocycles. The molecule has 2 aromatic rings. The molecule has 0 aliphatic rings. The summed E-state index contributed by atoms with van der Waals surface area (Å²) in [4.78, 5) is 11.6. The number of anilines is 1. The van der Waals surface area contributed by atoms with E-state index in [9.17, 15) is 4.79 Å². The molecule has 0 atom stereocenters. The van der Waals surface area contributed by atoms with Gasteiger partial charge in [-0.05, 0) is 29.9 Å². The number of para-hydroxylation sites is 1. The predicted octanol–water partition coefficient (Wildman–Crippen LogP) is 3.01. The Hall–Kier alpha value is -3.04. The fourth-order valence-electron chi connectivity index (χ4n) is 1.99. The van der Waals surface area contributed by atoms with Crippen LogP contribution in [0.5, 0.6) is 0 Å². The third-order valence-electron chi connectivity index (χ3n) is 3.14. The largest absolute Gasteiger partial charge is 0.445 e. The van der Waals surface area contributed by atoms with Crippen molar-refractivity contribution >= 4 is 29.1 Å². The average Bonchev–Trinajstić information content (AvgIpc) is 2.61. The quantitative estimate of drug-likeness (QED) is 0.438. The standard InChI is InChI=1S/C19H19N3O2S/c20-18(25)22-17-12-5-4-10-16(17)11-6-7-13-21-19(23)24-14-15-8-2-1-3-9-15/h1-5,8-10,12H,7,13-14H2,(H,21,23)(H3,20,22,25). The third kappa shape index (κ3) is 6.94. The summed E-state index contributed by atoms with van der Waals surface area (Å²) >= 11 is 4.84. The molecule has 5 nitrogen and oxygen atoms in total. The normalized spacial score (nSPS) is 9.44. The minimum absolute atomic E-state index is 0.192. The van der Waals surface area contributed by atoms with E-state index in [1.165, 1.54) is 0 Å². The minimum atomic E-state index is -0.457. The van der Waals surface area contributed by atoms with Gasteiger partial charge in [0.15, 0.2) is 5.11 Å². The number of alkyl carbamates (subject to hydrolysis) is 1. The van der Waals surface area contributed by atoms with Crippen LogP contribution in [-0.2, 0) is 11.3 Å². The van der Waals surface area contributed by atoms with Gasteiger partial charge in [0.25, 0.3) is 0 Å². The maximum Gasteiger partial charge on any atom is 0.407 e. The number of ether oxygens (including phenoxy) is 1. The van der Waals surface area contributed by atoms with E-state index in [1.807, 2.05) is 54.6 Å². The van der Waals surface area contributed by atoms with Gasteiger partial charge in [-0.25, -0.2) is 4.79 Å². The summed E-state index contributed by atoms with van der Waals surface area (Å²) in [6, 6.07) is 17.0. The molecule has 1 amide bonds. The van der Waals surface area contributed by atoms with Crippen LogP contribution in [0.3, 0.4) is 0 Å². The van der Waals surface area contributed by atoms with Crippen LogP contribution in [0.1, 0.15) is 17.5 Å². The number of hydrogen-bond acceptors (Lipinski definition) is 3. The van der Waals surface area contributed by atoms with Crippen molar-refractivity contribution in [3.05, 3.63) is 65.7 Å². The highest BCUT2D eigenvalue weighted by atomic mass is 32.1. The van der Waals surface area contributed by atoms with Gasteiger partial charge in [-0.3, -0.25) is 0 Å². The number of rotatable bonds is 5. The average molecular weight is 353 g/mol. The van der Waals surface area contributed by atoms with Crippen molar-refractivity contribution < 1.29 is 9.53 Å². The van der Waals surface area contributed by atoms with Gasteiger partial charge < -0.3 is 21.1 Å². The molecule has 0 fully saturated rings. The second-order valence-electron chi connectivity index (χ2n) is 5.08. The van der Waals surface area contributed by atoms with Crippen molar-refractivity contribution in [1.29, 1.82) is 0 Å². The Kier molecular flexibility index (Phi) is 7.29. The summed E-state index contributed by atoms with van der Waals surface area (Å²) in [5.74, 6) is 6.03. The van der Waals surface area contributed by atoms with Crippen molar-refractivity contribution in [2.75, 3.05) is 11.9 Å². The summed E-state index contributed by atoms with van der Waals surface area (Å²) in [6.07, 6.45) is 0.0446. The van der Waals surface area contributed by atoms with E-state index in [0.29, 0.717) is 13.0 Å². The highest BCUT2D eigenvalue weighted by Gasteiger charge is 2.01. The van der Waals surface area contributed by atoms with E-state index in [4.69, 9.17) is 22.7 Å². The Morgan fingerprint density at radius 3 is 2.60 bits per heavy atom. The Labute approximate surface area is 152 Å². The summed E-state index contributed by atoms with van der Waals surface area (Å²) in [5, 5.41) is 5.74. The van der Waals surface area contributed by atoms with E-state index in [1.54, 1.807) is 0 Å². The second kappa shape index (κ2) is 9.96. The minimum Gasteiger partial charge on any atom is -0.445 e. The van der Waals surface area contributed by atoms with Gasteiger partial charge in [0.05, 0.1) is 5.69 Å². The molecule has 6 heteroatoms. The van der Waals surface area contributed by atoms with Crippen molar-refractivity contribution in [2.45, 2.75) is 13.0 Å². The molecular weight excluding hydrogens is 334 g/mol.